The van der Waals surface area contributed by atoms with Gasteiger partial charge in [0.2, 0.25) is 5.88 Å². The van der Waals surface area contributed by atoms with Crippen molar-refractivity contribution in [1.29, 1.82) is 0 Å². The van der Waals surface area contributed by atoms with Crippen LogP contribution in [0.5, 0.6) is 5.88 Å². The zero-order chi connectivity index (χ0) is 10.0. The van der Waals surface area contributed by atoms with Crippen molar-refractivity contribution < 1.29 is 5.11 Å². The predicted octanol–water partition coefficient (Wildman–Crippen LogP) is 2.37. The molecule has 1 heterocycles. The Balaban J connectivity index is 2.82. The lowest BCUT2D eigenvalue weighted by molar-refractivity contribution is 0.416. The molecule has 0 spiro atoms. The van der Waals surface area contributed by atoms with Crippen LogP contribution in [-0.2, 0) is 6.54 Å². The van der Waals surface area contributed by atoms with Crippen molar-refractivity contribution in [1.82, 2.24) is 9.78 Å². The highest BCUT2D eigenvalue weighted by Crippen LogP contribution is 2.23. The van der Waals surface area contributed by atoms with E-state index in [2.05, 4.69) is 32.8 Å². The Labute approximate surface area is 79.4 Å². The van der Waals surface area contributed by atoms with E-state index < -0.39 is 0 Å². The second-order valence-electron chi connectivity index (χ2n) is 4.18. The molecule has 0 radical (unpaired) electrons. The Morgan fingerprint density at radius 1 is 1.38 bits per heavy atom. The molecule has 1 rings (SSSR count). The maximum absolute atomic E-state index is 9.48. The molecule has 0 bridgehead atoms. The maximum atomic E-state index is 9.48. The van der Waals surface area contributed by atoms with Crippen LogP contribution in [0.4, 0.5) is 0 Å². The molecule has 0 atom stereocenters. The molecule has 1 N–H and O–H groups in total. The average molecular weight is 182 g/mol. The largest absolute Gasteiger partial charge is 0.492 e. The van der Waals surface area contributed by atoms with E-state index in [0.717, 1.165) is 12.1 Å². The molecular weight excluding hydrogens is 164 g/mol. The Morgan fingerprint density at radius 3 is 2.38 bits per heavy atom. The number of aromatic hydroxyl groups is 1. The maximum Gasteiger partial charge on any atom is 0.233 e. The third-order valence-corrected chi connectivity index (χ3v) is 1.94. The van der Waals surface area contributed by atoms with Crippen molar-refractivity contribution in [3.8, 4) is 5.88 Å². The molecule has 1 aromatic heterocycles. The van der Waals surface area contributed by atoms with E-state index in [-0.39, 0.29) is 5.88 Å². The van der Waals surface area contributed by atoms with E-state index in [1.807, 2.05) is 10.9 Å². The zero-order valence-corrected chi connectivity index (χ0v) is 8.78. The van der Waals surface area contributed by atoms with Crippen LogP contribution in [0.15, 0.2) is 6.20 Å². The zero-order valence-electron chi connectivity index (χ0n) is 8.78. The van der Waals surface area contributed by atoms with Gasteiger partial charge >= 0.3 is 0 Å². The first-order chi connectivity index (χ1) is 6.00. The summed E-state index contributed by atoms with van der Waals surface area (Å²) < 4.78 is 1.81. The monoisotopic (exact) mass is 182 g/mol. The predicted molar refractivity (Wildman–Crippen MR) is 52.8 cm³/mol. The summed E-state index contributed by atoms with van der Waals surface area (Å²) in [6.45, 7) is 9.23. The summed E-state index contributed by atoms with van der Waals surface area (Å²) >= 11 is 0. The van der Waals surface area contributed by atoms with Gasteiger partial charge in [-0.2, -0.15) is 0 Å². The molecule has 13 heavy (non-hydrogen) atoms. The number of hydrogen-bond donors (Lipinski definition) is 1. The molecule has 0 aliphatic rings. The van der Waals surface area contributed by atoms with Crippen molar-refractivity contribution >= 4 is 0 Å². The van der Waals surface area contributed by atoms with Crippen LogP contribution < -0.4 is 0 Å². The van der Waals surface area contributed by atoms with Crippen LogP contribution in [0.2, 0.25) is 0 Å². The number of nitrogens with zero attached hydrogens (tertiary/aromatic N) is 2. The third-order valence-electron chi connectivity index (χ3n) is 1.94. The summed E-state index contributed by atoms with van der Waals surface area (Å²) in [4.78, 5) is 0. The first kappa shape index (κ1) is 10.1. The molecule has 0 aliphatic carbocycles. The van der Waals surface area contributed by atoms with Gasteiger partial charge in [0, 0.05) is 18.3 Å². The number of aromatic nitrogens is 2. The van der Waals surface area contributed by atoms with Gasteiger partial charge < -0.3 is 5.11 Å². The Kier molecular flexibility index (Phi) is 2.96. The summed E-state index contributed by atoms with van der Waals surface area (Å²) in [7, 11) is 0. The van der Waals surface area contributed by atoms with Crippen LogP contribution in [0.1, 0.15) is 39.2 Å². The third kappa shape index (κ3) is 2.47. The summed E-state index contributed by atoms with van der Waals surface area (Å²) in [6, 6.07) is 0. The van der Waals surface area contributed by atoms with Gasteiger partial charge in [0.15, 0.2) is 0 Å². The highest BCUT2D eigenvalue weighted by Gasteiger charge is 2.11. The quantitative estimate of drug-likeness (QED) is 0.779. The average Bonchev–Trinajstić information content (AvgIpc) is 2.29. The van der Waals surface area contributed by atoms with Gasteiger partial charge in [-0.05, 0) is 11.8 Å². The van der Waals surface area contributed by atoms with Gasteiger partial charge in [0.1, 0.15) is 0 Å². The molecule has 3 nitrogen and oxygen atoms in total. The smallest absolute Gasteiger partial charge is 0.233 e. The topological polar surface area (TPSA) is 38.0 Å². The first-order valence-electron chi connectivity index (χ1n) is 4.77. The summed E-state index contributed by atoms with van der Waals surface area (Å²) in [5, 5.41) is 13.5. The fraction of sp³-hybridized carbons (Fsp3) is 0.700. The number of hydrogen-bond acceptors (Lipinski definition) is 2. The van der Waals surface area contributed by atoms with Gasteiger partial charge in [0.25, 0.3) is 0 Å². The van der Waals surface area contributed by atoms with E-state index >= 15 is 0 Å². The highest BCUT2D eigenvalue weighted by molar-refractivity contribution is 5.24. The second-order valence-corrected chi connectivity index (χ2v) is 4.18. The van der Waals surface area contributed by atoms with Crippen LogP contribution in [0.3, 0.4) is 0 Å². The first-order valence-corrected chi connectivity index (χ1v) is 4.77. The molecule has 1 aromatic rings. The van der Waals surface area contributed by atoms with E-state index in [1.54, 1.807) is 0 Å². The minimum absolute atomic E-state index is 0.177. The fourth-order valence-corrected chi connectivity index (χ4v) is 1.30. The van der Waals surface area contributed by atoms with Crippen molar-refractivity contribution in [2.75, 3.05) is 0 Å². The molecule has 3 heteroatoms. The minimum Gasteiger partial charge on any atom is -0.492 e. The lowest BCUT2D eigenvalue weighted by Gasteiger charge is -2.03. The van der Waals surface area contributed by atoms with Gasteiger partial charge in [-0.3, -0.25) is 4.68 Å². The standard InChI is InChI=1S/C10H18N2O/c1-7(2)5-12-6-9(8(3)4)10(13)11-12/h6-8H,5H2,1-4H3,(H,11,13). The second kappa shape index (κ2) is 3.81. The van der Waals surface area contributed by atoms with Crippen LogP contribution >= 0.6 is 0 Å². The van der Waals surface area contributed by atoms with Gasteiger partial charge in [-0.25, -0.2) is 0 Å². The van der Waals surface area contributed by atoms with Crippen molar-refractivity contribution in [2.24, 2.45) is 5.92 Å². The summed E-state index contributed by atoms with van der Waals surface area (Å²) in [6.07, 6.45) is 1.93. The van der Waals surface area contributed by atoms with Crippen LogP contribution in [0.25, 0.3) is 0 Å². The molecule has 0 aromatic carbocycles. The normalized spacial score (nSPS) is 11.5. The van der Waals surface area contributed by atoms with Gasteiger partial charge in [-0.15, -0.1) is 5.10 Å². The lowest BCUT2D eigenvalue weighted by atomic mass is 10.1. The van der Waals surface area contributed by atoms with E-state index in [1.165, 1.54) is 0 Å². The Bertz CT molecular complexity index is 276. The van der Waals surface area contributed by atoms with Gasteiger partial charge in [0.05, 0.1) is 0 Å². The molecule has 0 amide bonds. The Morgan fingerprint density at radius 2 is 2.00 bits per heavy atom. The molecule has 74 valence electrons. The number of rotatable bonds is 3. The minimum atomic E-state index is 0.177. The van der Waals surface area contributed by atoms with E-state index in [0.29, 0.717) is 11.8 Å². The molecule has 0 fully saturated rings. The summed E-state index contributed by atoms with van der Waals surface area (Å²) in [5.74, 6) is 1.07. The SMILES string of the molecule is CC(C)Cn1cc(C(C)C)c(O)n1. The lowest BCUT2D eigenvalue weighted by Crippen LogP contribution is -2.04. The fourth-order valence-electron chi connectivity index (χ4n) is 1.30. The Hall–Kier alpha value is -0.990. The summed E-state index contributed by atoms with van der Waals surface area (Å²) in [5.41, 5.74) is 0.931. The van der Waals surface area contributed by atoms with Crippen molar-refractivity contribution in [3.05, 3.63) is 11.8 Å². The molecule has 0 unspecified atom stereocenters. The van der Waals surface area contributed by atoms with E-state index in [9.17, 15) is 5.11 Å². The van der Waals surface area contributed by atoms with E-state index in [4.69, 9.17) is 0 Å². The molecule has 0 saturated carbocycles. The van der Waals surface area contributed by atoms with Crippen molar-refractivity contribution in [3.63, 3.8) is 0 Å². The molecule has 0 aliphatic heterocycles. The van der Waals surface area contributed by atoms with Crippen molar-refractivity contribution in [2.45, 2.75) is 40.2 Å². The van der Waals surface area contributed by atoms with Crippen LogP contribution in [-0.4, -0.2) is 14.9 Å². The highest BCUT2D eigenvalue weighted by atomic mass is 16.3. The van der Waals surface area contributed by atoms with Crippen LogP contribution in [0, 0.1) is 5.92 Å². The van der Waals surface area contributed by atoms with Gasteiger partial charge in [-0.1, -0.05) is 27.7 Å². The molecule has 0 saturated heterocycles. The molecular formula is C10H18N2O.